The highest BCUT2D eigenvalue weighted by atomic mass is 16.5. The van der Waals surface area contributed by atoms with Gasteiger partial charge in [-0.05, 0) is 31.2 Å². The van der Waals surface area contributed by atoms with Crippen molar-refractivity contribution in [1.82, 2.24) is 25.1 Å². The number of para-hydroxylation sites is 1. The quantitative estimate of drug-likeness (QED) is 0.581. The minimum Gasteiger partial charge on any atom is -0.496 e. The number of fused-ring (bicyclic) bond motifs is 1. The number of nitrogens with zero attached hydrogens (tertiary/aromatic N) is 4. The maximum absolute atomic E-state index is 12.5. The predicted molar refractivity (Wildman–Crippen MR) is 105 cm³/mol. The molecule has 1 amide bonds. The molecule has 0 saturated carbocycles. The zero-order valence-corrected chi connectivity index (χ0v) is 15.6. The lowest BCUT2D eigenvalue weighted by Crippen LogP contribution is -2.24. The average Bonchev–Trinajstić information content (AvgIpc) is 3.14. The predicted octanol–water partition coefficient (Wildman–Crippen LogP) is 3.04. The van der Waals surface area contributed by atoms with Crippen molar-refractivity contribution < 1.29 is 9.53 Å². The molecule has 0 radical (unpaired) electrons. The number of hydrogen-bond donors (Lipinski definition) is 1. The molecule has 140 valence electrons. The summed E-state index contributed by atoms with van der Waals surface area (Å²) in [6.45, 7) is 2.24. The number of hydrogen-bond acceptors (Lipinski definition) is 5. The van der Waals surface area contributed by atoms with Gasteiger partial charge in [-0.2, -0.15) is 9.61 Å². The van der Waals surface area contributed by atoms with Crippen molar-refractivity contribution >= 4 is 11.6 Å². The van der Waals surface area contributed by atoms with Crippen LogP contribution in [0.5, 0.6) is 5.75 Å². The number of amides is 1. The number of methoxy groups -OCH3 is 1. The molecule has 0 spiro atoms. The van der Waals surface area contributed by atoms with Crippen LogP contribution < -0.4 is 10.1 Å². The van der Waals surface area contributed by atoms with Gasteiger partial charge in [0, 0.05) is 5.56 Å². The summed E-state index contributed by atoms with van der Waals surface area (Å²) < 4.78 is 6.89. The third kappa shape index (κ3) is 3.42. The maximum Gasteiger partial charge on any atom is 0.255 e. The Labute approximate surface area is 162 Å². The average molecular weight is 373 g/mol. The summed E-state index contributed by atoms with van der Waals surface area (Å²) in [5.74, 6) is 0.821. The minimum atomic E-state index is -0.246. The Balaban J connectivity index is 1.58. The van der Waals surface area contributed by atoms with E-state index < -0.39 is 0 Å². The van der Waals surface area contributed by atoms with Crippen LogP contribution in [0, 0.1) is 6.92 Å². The lowest BCUT2D eigenvalue weighted by molar-refractivity contribution is 0.0946. The van der Waals surface area contributed by atoms with Crippen molar-refractivity contribution in [2.45, 2.75) is 13.5 Å². The Morgan fingerprint density at radius 3 is 2.61 bits per heavy atom. The highest BCUT2D eigenvalue weighted by molar-refractivity contribution is 5.96. The van der Waals surface area contributed by atoms with E-state index in [4.69, 9.17) is 4.74 Å². The number of aryl methyl sites for hydroxylation is 1. The molecule has 2 heterocycles. The van der Waals surface area contributed by atoms with E-state index in [9.17, 15) is 4.79 Å². The summed E-state index contributed by atoms with van der Waals surface area (Å²) in [7, 11) is 1.54. The molecular weight excluding hydrogens is 354 g/mol. The Morgan fingerprint density at radius 2 is 1.82 bits per heavy atom. The van der Waals surface area contributed by atoms with Gasteiger partial charge in [-0.1, -0.05) is 42.0 Å². The molecule has 0 fully saturated rings. The van der Waals surface area contributed by atoms with Crippen molar-refractivity contribution in [3.05, 3.63) is 77.6 Å². The second kappa shape index (κ2) is 7.48. The van der Waals surface area contributed by atoms with Crippen LogP contribution in [0.25, 0.3) is 16.9 Å². The monoisotopic (exact) mass is 373 g/mol. The van der Waals surface area contributed by atoms with E-state index in [1.54, 1.807) is 22.7 Å². The zero-order valence-electron chi connectivity index (χ0n) is 15.6. The van der Waals surface area contributed by atoms with E-state index in [0.717, 1.165) is 11.3 Å². The topological polar surface area (TPSA) is 81.4 Å². The van der Waals surface area contributed by atoms with Gasteiger partial charge in [-0.3, -0.25) is 4.79 Å². The Bertz CT molecular complexity index is 1140. The van der Waals surface area contributed by atoms with Gasteiger partial charge in [0.2, 0.25) is 0 Å². The highest BCUT2D eigenvalue weighted by Gasteiger charge is 2.14. The van der Waals surface area contributed by atoms with Gasteiger partial charge in [0.1, 0.15) is 5.75 Å². The van der Waals surface area contributed by atoms with Crippen molar-refractivity contribution in [1.29, 1.82) is 0 Å². The maximum atomic E-state index is 12.5. The summed E-state index contributed by atoms with van der Waals surface area (Å²) in [5.41, 5.74) is 4.09. The summed E-state index contributed by atoms with van der Waals surface area (Å²) in [6.07, 6.45) is 0. The van der Waals surface area contributed by atoms with Gasteiger partial charge in [-0.25, -0.2) is 0 Å². The molecule has 7 nitrogen and oxygen atoms in total. The molecule has 1 N–H and O–H groups in total. The van der Waals surface area contributed by atoms with Crippen LogP contribution in [0.15, 0.2) is 60.7 Å². The molecule has 0 aliphatic carbocycles. The molecule has 0 aliphatic heterocycles. The van der Waals surface area contributed by atoms with Crippen LogP contribution >= 0.6 is 0 Å². The lowest BCUT2D eigenvalue weighted by atomic mass is 10.1. The molecule has 2 aromatic heterocycles. The van der Waals surface area contributed by atoms with Gasteiger partial charge in [0.05, 0.1) is 24.9 Å². The van der Waals surface area contributed by atoms with Gasteiger partial charge < -0.3 is 10.1 Å². The number of ether oxygens (including phenoxy) is 1. The molecular formula is C21H19N5O2. The number of carbonyl (C=O) groups excluding carboxylic acids is 1. The Morgan fingerprint density at radius 1 is 1.04 bits per heavy atom. The fourth-order valence-electron chi connectivity index (χ4n) is 2.91. The van der Waals surface area contributed by atoms with Crippen LogP contribution in [0.2, 0.25) is 0 Å². The summed E-state index contributed by atoms with van der Waals surface area (Å²) in [4.78, 5) is 12.5. The first-order valence-corrected chi connectivity index (χ1v) is 8.85. The van der Waals surface area contributed by atoms with E-state index >= 15 is 0 Å². The standard InChI is InChI=1S/C21H19N5O2/c1-14-7-9-15(10-8-14)17-11-12-19-23-24-20(26(19)25-17)13-22-21(27)16-5-3-4-6-18(16)28-2/h3-12H,13H2,1-2H3,(H,22,27). The molecule has 7 heteroatoms. The normalized spacial score (nSPS) is 10.8. The first-order valence-electron chi connectivity index (χ1n) is 8.85. The zero-order chi connectivity index (χ0) is 19.5. The second-order valence-corrected chi connectivity index (χ2v) is 6.35. The summed E-state index contributed by atoms with van der Waals surface area (Å²) in [6, 6.07) is 19.0. The fraction of sp³-hybridized carbons (Fsp3) is 0.143. The third-order valence-electron chi connectivity index (χ3n) is 4.43. The van der Waals surface area contributed by atoms with Gasteiger partial charge in [-0.15, -0.1) is 10.2 Å². The van der Waals surface area contributed by atoms with E-state index in [1.807, 2.05) is 49.4 Å². The highest BCUT2D eigenvalue weighted by Crippen LogP contribution is 2.19. The first-order chi connectivity index (χ1) is 13.7. The molecule has 0 saturated heterocycles. The van der Waals surface area contributed by atoms with Crippen LogP contribution in [-0.2, 0) is 6.54 Å². The smallest absolute Gasteiger partial charge is 0.255 e. The van der Waals surface area contributed by atoms with Crippen LogP contribution in [0.1, 0.15) is 21.7 Å². The molecule has 28 heavy (non-hydrogen) atoms. The molecule has 2 aromatic carbocycles. The van der Waals surface area contributed by atoms with Crippen LogP contribution in [-0.4, -0.2) is 32.8 Å². The number of carbonyl (C=O) groups is 1. The number of rotatable bonds is 5. The molecule has 4 rings (SSSR count). The SMILES string of the molecule is COc1ccccc1C(=O)NCc1nnc2ccc(-c3ccc(C)cc3)nn12. The van der Waals surface area contributed by atoms with Crippen molar-refractivity contribution in [2.75, 3.05) is 7.11 Å². The summed E-state index contributed by atoms with van der Waals surface area (Å²) >= 11 is 0. The number of aromatic nitrogens is 4. The van der Waals surface area contributed by atoms with Gasteiger partial charge in [0.15, 0.2) is 11.5 Å². The van der Waals surface area contributed by atoms with E-state index in [0.29, 0.717) is 22.8 Å². The minimum absolute atomic E-state index is 0.197. The van der Waals surface area contributed by atoms with Gasteiger partial charge in [0.25, 0.3) is 5.91 Å². The lowest BCUT2D eigenvalue weighted by Gasteiger charge is -2.08. The molecule has 0 aliphatic rings. The van der Waals surface area contributed by atoms with E-state index in [1.165, 1.54) is 12.7 Å². The molecule has 0 unspecified atom stereocenters. The molecule has 4 aromatic rings. The first kappa shape index (κ1) is 17.7. The molecule has 0 bridgehead atoms. The van der Waals surface area contributed by atoms with E-state index in [-0.39, 0.29) is 12.5 Å². The number of nitrogens with one attached hydrogen (secondary N) is 1. The van der Waals surface area contributed by atoms with Crippen molar-refractivity contribution in [3.8, 4) is 17.0 Å². The second-order valence-electron chi connectivity index (χ2n) is 6.35. The number of benzene rings is 2. The fourth-order valence-corrected chi connectivity index (χ4v) is 2.91. The van der Waals surface area contributed by atoms with Gasteiger partial charge >= 0.3 is 0 Å². The van der Waals surface area contributed by atoms with Crippen molar-refractivity contribution in [2.24, 2.45) is 0 Å². The third-order valence-corrected chi connectivity index (χ3v) is 4.43. The largest absolute Gasteiger partial charge is 0.496 e. The van der Waals surface area contributed by atoms with Crippen LogP contribution in [0.3, 0.4) is 0 Å². The molecule has 0 atom stereocenters. The Kier molecular flexibility index (Phi) is 4.72. The Hall–Kier alpha value is -3.74. The van der Waals surface area contributed by atoms with Crippen molar-refractivity contribution in [3.63, 3.8) is 0 Å². The van der Waals surface area contributed by atoms with E-state index in [2.05, 4.69) is 20.6 Å². The van der Waals surface area contributed by atoms with Crippen LogP contribution in [0.4, 0.5) is 0 Å². The summed E-state index contributed by atoms with van der Waals surface area (Å²) in [5, 5.41) is 15.8.